The van der Waals surface area contributed by atoms with Gasteiger partial charge in [-0.25, -0.2) is 10.2 Å². The van der Waals surface area contributed by atoms with Crippen LogP contribution < -0.4 is 21.2 Å². The number of nitrogens with zero attached hydrogens (tertiary/aromatic N) is 1. The van der Waals surface area contributed by atoms with Crippen LogP contribution in [-0.2, 0) is 9.59 Å². The maximum Gasteiger partial charge on any atom is 0.332 e. The number of ether oxygens (including phenoxy) is 1. The summed E-state index contributed by atoms with van der Waals surface area (Å²) in [4.78, 5) is 35.1. The fourth-order valence-electron chi connectivity index (χ4n) is 1.92. The quantitative estimate of drug-likeness (QED) is 0.485. The van der Waals surface area contributed by atoms with Crippen LogP contribution in [0.2, 0.25) is 0 Å². The third-order valence-electron chi connectivity index (χ3n) is 3.54. The van der Waals surface area contributed by atoms with Crippen LogP contribution in [0.4, 0.5) is 10.5 Å². The molecule has 0 aliphatic rings. The highest BCUT2D eigenvalue weighted by Gasteiger charge is 2.23. The van der Waals surface area contributed by atoms with Gasteiger partial charge in [0.1, 0.15) is 11.5 Å². The van der Waals surface area contributed by atoms with Gasteiger partial charge in [-0.3, -0.25) is 9.59 Å². The highest BCUT2D eigenvalue weighted by Crippen LogP contribution is 2.18. The standard InChI is InChI=1S/C18H26N4O4/c1-18(2,3)15(23)11-13(21-22-17(19)25)7-10-16(24)20-12-5-8-14(26-4)9-6-12/h5-6,8-9H,7,10-11H2,1-4H3,(H,20,24)(H3,19,22,25)/b21-13+. The molecule has 0 atom stereocenters. The van der Waals surface area contributed by atoms with Crippen molar-refractivity contribution in [1.29, 1.82) is 0 Å². The second-order valence-electron chi connectivity index (χ2n) is 6.78. The molecular weight excluding hydrogens is 336 g/mol. The van der Waals surface area contributed by atoms with Gasteiger partial charge in [0.2, 0.25) is 5.91 Å². The summed E-state index contributed by atoms with van der Waals surface area (Å²) in [6.45, 7) is 5.39. The van der Waals surface area contributed by atoms with E-state index in [9.17, 15) is 14.4 Å². The summed E-state index contributed by atoms with van der Waals surface area (Å²) in [5.74, 6) is 0.416. The number of hydrogen-bond donors (Lipinski definition) is 3. The van der Waals surface area contributed by atoms with E-state index in [2.05, 4.69) is 15.8 Å². The Morgan fingerprint density at radius 2 is 1.73 bits per heavy atom. The molecule has 0 radical (unpaired) electrons. The first kappa shape index (κ1) is 21.1. The molecule has 1 aromatic carbocycles. The van der Waals surface area contributed by atoms with Crippen molar-refractivity contribution in [2.45, 2.75) is 40.0 Å². The number of urea groups is 1. The minimum atomic E-state index is -0.826. The highest BCUT2D eigenvalue weighted by molar-refractivity contribution is 6.05. The number of rotatable bonds is 8. The Morgan fingerprint density at radius 1 is 1.12 bits per heavy atom. The number of carbonyl (C=O) groups excluding carboxylic acids is 3. The zero-order valence-electron chi connectivity index (χ0n) is 15.6. The predicted octanol–water partition coefficient (Wildman–Crippen LogP) is 2.44. The highest BCUT2D eigenvalue weighted by atomic mass is 16.5. The molecule has 8 heteroatoms. The van der Waals surface area contributed by atoms with Gasteiger partial charge in [0.25, 0.3) is 0 Å². The van der Waals surface area contributed by atoms with Crippen LogP contribution in [0, 0.1) is 5.41 Å². The fourth-order valence-corrected chi connectivity index (χ4v) is 1.92. The van der Waals surface area contributed by atoms with E-state index >= 15 is 0 Å². The van der Waals surface area contributed by atoms with E-state index in [1.807, 2.05) is 0 Å². The van der Waals surface area contributed by atoms with Gasteiger partial charge in [-0.2, -0.15) is 5.10 Å². The minimum Gasteiger partial charge on any atom is -0.497 e. The second kappa shape index (κ2) is 9.55. The van der Waals surface area contributed by atoms with Gasteiger partial charge >= 0.3 is 6.03 Å². The summed E-state index contributed by atoms with van der Waals surface area (Å²) in [5.41, 5.74) is 7.61. The van der Waals surface area contributed by atoms with Crippen molar-refractivity contribution in [3.8, 4) is 5.75 Å². The van der Waals surface area contributed by atoms with Gasteiger partial charge < -0.3 is 15.8 Å². The Hall–Kier alpha value is -2.90. The van der Waals surface area contributed by atoms with E-state index in [4.69, 9.17) is 10.5 Å². The molecular formula is C18H26N4O4. The third kappa shape index (κ3) is 7.78. The van der Waals surface area contributed by atoms with E-state index < -0.39 is 11.4 Å². The lowest BCUT2D eigenvalue weighted by Crippen LogP contribution is -2.28. The van der Waals surface area contributed by atoms with Gasteiger partial charge in [0.05, 0.1) is 7.11 Å². The lowest BCUT2D eigenvalue weighted by atomic mass is 9.87. The summed E-state index contributed by atoms with van der Waals surface area (Å²) in [6.07, 6.45) is 0.381. The first-order chi connectivity index (χ1) is 12.1. The molecule has 8 nitrogen and oxygen atoms in total. The molecule has 0 aromatic heterocycles. The van der Waals surface area contributed by atoms with Crippen molar-refractivity contribution < 1.29 is 19.1 Å². The van der Waals surface area contributed by atoms with Crippen LogP contribution >= 0.6 is 0 Å². The normalized spacial score (nSPS) is 11.6. The van der Waals surface area contributed by atoms with E-state index in [-0.39, 0.29) is 31.0 Å². The van der Waals surface area contributed by atoms with Crippen LogP contribution in [0.1, 0.15) is 40.0 Å². The predicted molar refractivity (Wildman–Crippen MR) is 100 cm³/mol. The third-order valence-corrected chi connectivity index (χ3v) is 3.54. The van der Waals surface area contributed by atoms with E-state index in [0.717, 1.165) is 0 Å². The van der Waals surface area contributed by atoms with Crippen molar-refractivity contribution >= 4 is 29.1 Å². The van der Waals surface area contributed by atoms with E-state index in [1.165, 1.54) is 0 Å². The van der Waals surface area contributed by atoms with Gasteiger partial charge in [-0.1, -0.05) is 20.8 Å². The Balaban J connectivity index is 2.65. The number of Topliss-reactive ketones (excluding diaryl/α,β-unsaturated/α-hetero) is 1. The van der Waals surface area contributed by atoms with E-state index in [0.29, 0.717) is 17.1 Å². The Bertz CT molecular complexity index is 675. The Kier molecular flexibility index (Phi) is 7.77. The summed E-state index contributed by atoms with van der Waals surface area (Å²) in [5, 5.41) is 6.60. The molecule has 0 heterocycles. The molecule has 0 spiro atoms. The monoisotopic (exact) mass is 362 g/mol. The van der Waals surface area contributed by atoms with Crippen molar-refractivity contribution in [1.82, 2.24) is 5.43 Å². The van der Waals surface area contributed by atoms with Crippen LogP contribution in [0.3, 0.4) is 0 Å². The van der Waals surface area contributed by atoms with Crippen LogP contribution in [0.5, 0.6) is 5.75 Å². The number of amides is 3. The average molecular weight is 362 g/mol. The van der Waals surface area contributed by atoms with Crippen LogP contribution in [0.25, 0.3) is 0 Å². The SMILES string of the molecule is COc1ccc(NC(=O)CC/C(CC(=O)C(C)(C)C)=N\NC(N)=O)cc1. The Morgan fingerprint density at radius 3 is 2.23 bits per heavy atom. The smallest absolute Gasteiger partial charge is 0.332 e. The van der Waals surface area contributed by atoms with Crippen LogP contribution in [-0.4, -0.2) is 30.5 Å². The molecule has 0 unspecified atom stereocenters. The van der Waals surface area contributed by atoms with Gasteiger partial charge in [-0.05, 0) is 30.7 Å². The zero-order chi connectivity index (χ0) is 19.7. The van der Waals surface area contributed by atoms with Crippen LogP contribution in [0.15, 0.2) is 29.4 Å². The molecule has 0 aliphatic carbocycles. The first-order valence-corrected chi connectivity index (χ1v) is 8.20. The molecule has 3 amide bonds. The van der Waals surface area contributed by atoms with E-state index in [1.54, 1.807) is 52.1 Å². The molecule has 1 aromatic rings. The zero-order valence-corrected chi connectivity index (χ0v) is 15.6. The molecule has 0 saturated heterocycles. The lowest BCUT2D eigenvalue weighted by molar-refractivity contribution is -0.125. The maximum absolute atomic E-state index is 12.2. The summed E-state index contributed by atoms with van der Waals surface area (Å²) >= 11 is 0. The number of nitrogens with one attached hydrogen (secondary N) is 2. The average Bonchev–Trinajstić information content (AvgIpc) is 2.56. The molecule has 4 N–H and O–H groups in total. The molecule has 1 rings (SSSR count). The Labute approximate surface area is 153 Å². The fraction of sp³-hybridized carbons (Fsp3) is 0.444. The van der Waals surface area contributed by atoms with Gasteiger partial charge in [0.15, 0.2) is 0 Å². The maximum atomic E-state index is 12.2. The number of benzene rings is 1. The number of primary amides is 1. The van der Waals surface area contributed by atoms with Crippen molar-refractivity contribution in [3.63, 3.8) is 0 Å². The number of carbonyl (C=O) groups is 3. The summed E-state index contributed by atoms with van der Waals surface area (Å²) < 4.78 is 5.06. The van der Waals surface area contributed by atoms with Gasteiger partial charge in [0, 0.05) is 29.7 Å². The number of hydrazone groups is 1. The largest absolute Gasteiger partial charge is 0.497 e. The lowest BCUT2D eigenvalue weighted by Gasteiger charge is -2.17. The second-order valence-corrected chi connectivity index (χ2v) is 6.78. The topological polar surface area (TPSA) is 123 Å². The number of anilines is 1. The molecule has 0 aliphatic heterocycles. The summed E-state index contributed by atoms with van der Waals surface area (Å²) in [7, 11) is 1.56. The molecule has 0 saturated carbocycles. The number of hydrogen-bond acceptors (Lipinski definition) is 5. The number of nitrogens with two attached hydrogens (primary N) is 1. The minimum absolute atomic E-state index is 0.0413. The number of ketones is 1. The molecule has 0 fully saturated rings. The first-order valence-electron chi connectivity index (χ1n) is 8.20. The summed E-state index contributed by atoms with van der Waals surface area (Å²) in [6, 6.07) is 6.10. The molecule has 142 valence electrons. The number of methoxy groups -OCH3 is 1. The van der Waals surface area contributed by atoms with Crippen molar-refractivity contribution in [2.75, 3.05) is 12.4 Å². The van der Waals surface area contributed by atoms with Gasteiger partial charge in [-0.15, -0.1) is 0 Å². The van der Waals surface area contributed by atoms with Crippen molar-refractivity contribution in [2.24, 2.45) is 16.3 Å². The molecule has 0 bridgehead atoms. The molecule has 26 heavy (non-hydrogen) atoms. The van der Waals surface area contributed by atoms with Crippen molar-refractivity contribution in [3.05, 3.63) is 24.3 Å².